The van der Waals surface area contributed by atoms with Crippen molar-refractivity contribution in [1.82, 2.24) is 10.2 Å². The minimum absolute atomic E-state index is 0. The molecule has 2 aromatic carbocycles. The molecule has 8 heteroatoms. The molecule has 0 aliphatic carbocycles. The van der Waals surface area contributed by atoms with Crippen LogP contribution in [0.15, 0.2) is 59.6 Å². The van der Waals surface area contributed by atoms with Gasteiger partial charge in [-0.25, -0.2) is 4.99 Å². The number of anilines is 2. The molecular weight excluding hydrogens is 475 g/mol. The van der Waals surface area contributed by atoms with E-state index in [4.69, 9.17) is 9.73 Å². The molecule has 0 saturated carbocycles. The van der Waals surface area contributed by atoms with Crippen molar-refractivity contribution in [2.24, 2.45) is 4.99 Å². The van der Waals surface area contributed by atoms with Gasteiger partial charge in [0, 0.05) is 30.6 Å². The summed E-state index contributed by atoms with van der Waals surface area (Å²) in [5.74, 6) is 2.01. The van der Waals surface area contributed by atoms with Crippen molar-refractivity contribution in [2.75, 3.05) is 32.1 Å². The number of nitrogens with zero attached hydrogens (tertiary/aromatic N) is 2. The normalized spacial score (nSPS) is 16.7. The van der Waals surface area contributed by atoms with Gasteiger partial charge >= 0.3 is 0 Å². The van der Waals surface area contributed by atoms with Crippen LogP contribution < -0.4 is 15.4 Å². The minimum atomic E-state index is 0. The van der Waals surface area contributed by atoms with Gasteiger partial charge in [0.15, 0.2) is 0 Å². The lowest BCUT2D eigenvalue weighted by Gasteiger charge is -2.36. The summed E-state index contributed by atoms with van der Waals surface area (Å²) in [5.41, 5.74) is 4.61. The van der Waals surface area contributed by atoms with E-state index >= 15 is 0 Å². The van der Waals surface area contributed by atoms with E-state index in [0.29, 0.717) is 6.04 Å². The van der Waals surface area contributed by atoms with Crippen LogP contribution >= 0.6 is 36.2 Å². The topological polar surface area (TPSA) is 48.9 Å². The molecule has 2 aliphatic heterocycles. The molecule has 176 valence electrons. The number of para-hydroxylation sites is 2. The fourth-order valence-corrected chi connectivity index (χ4v) is 5.29. The van der Waals surface area contributed by atoms with Gasteiger partial charge in [-0.2, -0.15) is 0 Å². The quantitative estimate of drug-likeness (QED) is 0.460. The molecule has 2 N–H and O–H groups in total. The molecule has 0 unspecified atom stereocenters. The smallest absolute Gasteiger partial charge is 0.139 e. The lowest BCUT2D eigenvalue weighted by atomic mass is 10.0. The van der Waals surface area contributed by atoms with Crippen molar-refractivity contribution < 1.29 is 4.74 Å². The summed E-state index contributed by atoms with van der Waals surface area (Å²) >= 11 is 1.80. The Balaban J connectivity index is 0.00000153. The van der Waals surface area contributed by atoms with Crippen LogP contribution in [0.1, 0.15) is 22.4 Å². The van der Waals surface area contributed by atoms with Crippen LogP contribution in [0.3, 0.4) is 0 Å². The highest BCUT2D eigenvalue weighted by molar-refractivity contribution is 7.16. The average Bonchev–Trinajstić information content (AvgIpc) is 3.09. The van der Waals surface area contributed by atoms with Crippen molar-refractivity contribution in [1.29, 1.82) is 0 Å². The van der Waals surface area contributed by atoms with Crippen LogP contribution in [0.5, 0.6) is 5.75 Å². The van der Waals surface area contributed by atoms with E-state index in [0.717, 1.165) is 55.4 Å². The zero-order valence-electron chi connectivity index (χ0n) is 18.8. The molecule has 1 atom stereocenters. The molecule has 5 nitrogen and oxygen atoms in total. The van der Waals surface area contributed by atoms with E-state index in [9.17, 15) is 0 Å². The van der Waals surface area contributed by atoms with E-state index in [1.54, 1.807) is 18.4 Å². The maximum atomic E-state index is 5.37. The van der Waals surface area contributed by atoms with Gasteiger partial charge in [0.2, 0.25) is 0 Å². The van der Waals surface area contributed by atoms with Crippen LogP contribution in [-0.4, -0.2) is 43.5 Å². The zero-order valence-corrected chi connectivity index (χ0v) is 21.3. The Labute approximate surface area is 212 Å². The standard InChI is InChI=1S/C25H28N4OS.2ClH/c1-17-14-21-24(27-22-8-3-4-9-23(22)28-25(21)31-17)29-13-12-26-19(16-29)11-10-18-6-5-7-20(15-18)30-2;;/h3-9,14-15,19,26,28H,10-13,16H2,1-2H3;2*1H/t19-;;/m0../s1. The number of methoxy groups -OCH3 is 1. The number of hydrogen-bond acceptors (Lipinski definition) is 6. The third kappa shape index (κ3) is 5.64. The number of ether oxygens (including phenoxy) is 1. The monoisotopic (exact) mass is 504 g/mol. The lowest BCUT2D eigenvalue weighted by molar-refractivity contribution is 0.282. The number of nitrogens with one attached hydrogen (secondary N) is 2. The molecule has 0 spiro atoms. The first kappa shape index (κ1) is 25.4. The highest BCUT2D eigenvalue weighted by atomic mass is 35.5. The van der Waals surface area contributed by atoms with Crippen LogP contribution in [0, 0.1) is 6.92 Å². The number of halogens is 2. The number of aliphatic imine (C=N–C) groups is 1. The molecule has 33 heavy (non-hydrogen) atoms. The third-order valence-electron chi connectivity index (χ3n) is 5.95. The van der Waals surface area contributed by atoms with Gasteiger partial charge in [-0.15, -0.1) is 36.2 Å². The first-order valence-corrected chi connectivity index (χ1v) is 11.7. The predicted octanol–water partition coefficient (Wildman–Crippen LogP) is 5.95. The van der Waals surface area contributed by atoms with E-state index in [-0.39, 0.29) is 24.8 Å². The van der Waals surface area contributed by atoms with Crippen molar-refractivity contribution in [3.63, 3.8) is 0 Å². The number of fused-ring (bicyclic) bond motifs is 2. The van der Waals surface area contributed by atoms with E-state index in [1.807, 2.05) is 6.07 Å². The number of amidine groups is 1. The molecule has 3 heterocycles. The Morgan fingerprint density at radius 2 is 1.97 bits per heavy atom. The highest BCUT2D eigenvalue weighted by Crippen LogP contribution is 2.39. The third-order valence-corrected chi connectivity index (χ3v) is 6.91. The molecule has 1 fully saturated rings. The second kappa shape index (κ2) is 11.3. The van der Waals surface area contributed by atoms with E-state index in [1.165, 1.54) is 21.0 Å². The maximum Gasteiger partial charge on any atom is 0.139 e. The number of piperazine rings is 1. The summed E-state index contributed by atoms with van der Waals surface area (Å²) in [6.45, 7) is 5.05. The first-order valence-electron chi connectivity index (χ1n) is 10.9. The Hall–Kier alpha value is -2.25. The Kier molecular flexibility index (Phi) is 8.65. The molecule has 0 bridgehead atoms. The predicted molar refractivity (Wildman–Crippen MR) is 144 cm³/mol. The minimum Gasteiger partial charge on any atom is -0.497 e. The summed E-state index contributed by atoms with van der Waals surface area (Å²) < 4.78 is 5.37. The largest absolute Gasteiger partial charge is 0.497 e. The van der Waals surface area contributed by atoms with Crippen LogP contribution in [-0.2, 0) is 6.42 Å². The molecule has 0 amide bonds. The second-order valence-corrected chi connectivity index (χ2v) is 9.42. The van der Waals surface area contributed by atoms with Crippen LogP contribution in [0.25, 0.3) is 0 Å². The van der Waals surface area contributed by atoms with Crippen LogP contribution in [0.4, 0.5) is 16.4 Å². The van der Waals surface area contributed by atoms with E-state index < -0.39 is 0 Å². The van der Waals surface area contributed by atoms with Gasteiger partial charge in [0.1, 0.15) is 16.6 Å². The summed E-state index contributed by atoms with van der Waals surface area (Å²) in [5, 5.41) is 8.51. The number of hydrogen-bond donors (Lipinski definition) is 2. The maximum absolute atomic E-state index is 5.37. The molecule has 2 aliphatic rings. The van der Waals surface area contributed by atoms with Gasteiger partial charge in [0.25, 0.3) is 0 Å². The zero-order chi connectivity index (χ0) is 21.2. The molecule has 1 aromatic heterocycles. The molecule has 3 aromatic rings. The molecule has 1 saturated heterocycles. The van der Waals surface area contributed by atoms with Gasteiger partial charge in [-0.05, 0) is 55.7 Å². The summed E-state index contributed by atoms with van der Waals surface area (Å²) in [6.07, 6.45) is 2.11. The molecule has 5 rings (SSSR count). The van der Waals surface area contributed by atoms with Crippen molar-refractivity contribution in [3.8, 4) is 5.75 Å². The van der Waals surface area contributed by atoms with Gasteiger partial charge in [0.05, 0.1) is 24.0 Å². The summed E-state index contributed by atoms with van der Waals surface area (Å²) in [4.78, 5) is 8.90. The van der Waals surface area contributed by atoms with Gasteiger partial charge < -0.3 is 20.3 Å². The lowest BCUT2D eigenvalue weighted by Crippen LogP contribution is -2.52. The number of thiophene rings is 1. The molecule has 0 radical (unpaired) electrons. The second-order valence-electron chi connectivity index (χ2n) is 8.16. The first-order chi connectivity index (χ1) is 15.2. The van der Waals surface area contributed by atoms with Crippen molar-refractivity contribution in [2.45, 2.75) is 25.8 Å². The fraction of sp³-hybridized carbons (Fsp3) is 0.320. The van der Waals surface area contributed by atoms with Crippen molar-refractivity contribution in [3.05, 3.63) is 70.6 Å². The number of rotatable bonds is 4. The average molecular weight is 506 g/mol. The Morgan fingerprint density at radius 1 is 1.12 bits per heavy atom. The SMILES string of the molecule is COc1cccc(CC[C@H]2CN(C3=Nc4ccccc4Nc4sc(C)cc43)CCN2)c1.Cl.Cl. The highest BCUT2D eigenvalue weighted by Gasteiger charge is 2.27. The van der Waals surface area contributed by atoms with Gasteiger partial charge in [-0.1, -0.05) is 24.3 Å². The molecular formula is C25H30Cl2N4OS. The van der Waals surface area contributed by atoms with Gasteiger partial charge in [-0.3, -0.25) is 0 Å². The number of aryl methyl sites for hydroxylation is 2. The van der Waals surface area contributed by atoms with Crippen LogP contribution in [0.2, 0.25) is 0 Å². The summed E-state index contributed by atoms with van der Waals surface area (Å²) in [6, 6.07) is 19.4. The Bertz CT molecular complexity index is 1120. The van der Waals surface area contributed by atoms with E-state index in [2.05, 4.69) is 71.0 Å². The van der Waals surface area contributed by atoms with Crippen molar-refractivity contribution >= 4 is 58.4 Å². The number of benzene rings is 2. The summed E-state index contributed by atoms with van der Waals surface area (Å²) in [7, 11) is 1.72. The fourth-order valence-electron chi connectivity index (χ4n) is 4.37. The Morgan fingerprint density at radius 3 is 2.82 bits per heavy atom.